The molecule has 2 rings (SSSR count). The molecule has 3 nitrogen and oxygen atoms in total. The first kappa shape index (κ1) is 11.7. The summed E-state index contributed by atoms with van der Waals surface area (Å²) in [7, 11) is 1.95. The van der Waals surface area contributed by atoms with Gasteiger partial charge in [0.15, 0.2) is 0 Å². The summed E-state index contributed by atoms with van der Waals surface area (Å²) in [6.45, 7) is 5.52. The minimum Gasteiger partial charge on any atom is -0.481 e. The van der Waals surface area contributed by atoms with Gasteiger partial charge in [-0.2, -0.15) is 0 Å². The summed E-state index contributed by atoms with van der Waals surface area (Å²) in [6, 6.07) is 6.10. The van der Waals surface area contributed by atoms with Crippen molar-refractivity contribution in [1.29, 1.82) is 0 Å². The average Bonchev–Trinajstić information content (AvgIpc) is 2.56. The van der Waals surface area contributed by atoms with Crippen molar-refractivity contribution < 1.29 is 9.90 Å². The topological polar surface area (TPSA) is 42.2 Å². The third-order valence-corrected chi connectivity index (χ3v) is 3.35. The lowest BCUT2D eigenvalue weighted by Crippen LogP contribution is -2.28. The molecule has 0 fully saturated rings. The lowest BCUT2D eigenvalue weighted by atomic mass is 9.84. The second kappa shape index (κ2) is 3.62. The summed E-state index contributed by atoms with van der Waals surface area (Å²) < 4.78 is 1.99. The predicted molar refractivity (Wildman–Crippen MR) is 68.3 cm³/mol. The van der Waals surface area contributed by atoms with Crippen LogP contribution in [0.5, 0.6) is 0 Å². The molecule has 0 saturated heterocycles. The number of aliphatic carboxylic acids is 1. The maximum Gasteiger partial charge on any atom is 0.313 e. The normalized spacial score (nSPS) is 12.0. The third kappa shape index (κ3) is 1.71. The molecular formula is C14H17NO2. The van der Waals surface area contributed by atoms with Gasteiger partial charge in [-0.05, 0) is 38.0 Å². The number of carboxylic acids is 1. The van der Waals surface area contributed by atoms with Crippen LogP contribution in [-0.2, 0) is 17.3 Å². The largest absolute Gasteiger partial charge is 0.481 e. The number of fused-ring (bicyclic) bond motifs is 1. The summed E-state index contributed by atoms with van der Waals surface area (Å²) >= 11 is 0. The monoisotopic (exact) mass is 231 g/mol. The van der Waals surface area contributed by atoms with E-state index in [1.165, 1.54) is 5.56 Å². The summed E-state index contributed by atoms with van der Waals surface area (Å²) in [5.41, 5.74) is 2.25. The smallest absolute Gasteiger partial charge is 0.313 e. The highest BCUT2D eigenvalue weighted by molar-refractivity contribution is 5.92. The van der Waals surface area contributed by atoms with E-state index in [1.54, 1.807) is 13.8 Å². The van der Waals surface area contributed by atoms with Crippen LogP contribution in [0.4, 0.5) is 0 Å². The Balaban J connectivity index is 2.76. The fraction of sp³-hybridized carbons (Fsp3) is 0.357. The maximum absolute atomic E-state index is 11.3. The van der Waals surface area contributed by atoms with Crippen molar-refractivity contribution in [3.05, 3.63) is 35.5 Å². The number of carbonyl (C=O) groups is 1. The molecule has 1 N–H and O–H groups in total. The number of nitrogens with zero attached hydrogens (tertiary/aromatic N) is 1. The number of benzene rings is 1. The molecule has 0 unspecified atom stereocenters. The summed E-state index contributed by atoms with van der Waals surface area (Å²) in [6.07, 6.45) is 1.91. The molecule has 0 aliphatic rings. The molecule has 0 aliphatic heterocycles. The molecule has 3 heteroatoms. The lowest BCUT2D eigenvalue weighted by Gasteiger charge is -2.18. The molecule has 0 bridgehead atoms. The third-order valence-electron chi connectivity index (χ3n) is 3.35. The fourth-order valence-corrected chi connectivity index (χ4v) is 2.11. The van der Waals surface area contributed by atoms with Crippen LogP contribution in [0.3, 0.4) is 0 Å². The molecule has 0 spiro atoms. The van der Waals surface area contributed by atoms with Crippen LogP contribution in [0.1, 0.15) is 25.0 Å². The van der Waals surface area contributed by atoms with Crippen molar-refractivity contribution in [2.75, 3.05) is 0 Å². The Morgan fingerprint density at radius 3 is 2.59 bits per heavy atom. The van der Waals surface area contributed by atoms with Gasteiger partial charge >= 0.3 is 5.97 Å². The van der Waals surface area contributed by atoms with Gasteiger partial charge in [0.25, 0.3) is 0 Å². The van der Waals surface area contributed by atoms with E-state index in [4.69, 9.17) is 0 Å². The van der Waals surface area contributed by atoms with E-state index < -0.39 is 11.4 Å². The van der Waals surface area contributed by atoms with Gasteiger partial charge < -0.3 is 9.67 Å². The average molecular weight is 231 g/mol. The number of aromatic nitrogens is 1. The van der Waals surface area contributed by atoms with E-state index in [1.807, 2.05) is 36.9 Å². The highest BCUT2D eigenvalue weighted by Crippen LogP contribution is 2.32. The van der Waals surface area contributed by atoms with Crippen LogP contribution >= 0.6 is 0 Å². The number of aryl methyl sites for hydroxylation is 2. The Kier molecular flexibility index (Phi) is 2.49. The van der Waals surface area contributed by atoms with Gasteiger partial charge in [0, 0.05) is 24.1 Å². The van der Waals surface area contributed by atoms with Gasteiger partial charge in [-0.15, -0.1) is 0 Å². The van der Waals surface area contributed by atoms with Crippen LogP contribution in [0, 0.1) is 6.92 Å². The Labute approximate surface area is 101 Å². The van der Waals surface area contributed by atoms with Crippen molar-refractivity contribution in [2.45, 2.75) is 26.2 Å². The van der Waals surface area contributed by atoms with Crippen molar-refractivity contribution >= 4 is 16.9 Å². The van der Waals surface area contributed by atoms with Crippen LogP contribution in [0.2, 0.25) is 0 Å². The van der Waals surface area contributed by atoms with E-state index in [0.29, 0.717) is 0 Å². The zero-order valence-electron chi connectivity index (χ0n) is 10.6. The van der Waals surface area contributed by atoms with Crippen molar-refractivity contribution in [3.63, 3.8) is 0 Å². The molecule has 1 aromatic carbocycles. The lowest BCUT2D eigenvalue weighted by molar-refractivity contribution is -0.142. The van der Waals surface area contributed by atoms with Crippen LogP contribution in [0.25, 0.3) is 10.9 Å². The van der Waals surface area contributed by atoms with Gasteiger partial charge in [-0.1, -0.05) is 12.1 Å². The summed E-state index contributed by atoms with van der Waals surface area (Å²) in [4.78, 5) is 11.3. The predicted octanol–water partition coefficient (Wildman–Crippen LogP) is 2.85. The Bertz CT molecular complexity index is 594. The number of hydrogen-bond acceptors (Lipinski definition) is 1. The van der Waals surface area contributed by atoms with Crippen LogP contribution in [0.15, 0.2) is 24.4 Å². The zero-order valence-corrected chi connectivity index (χ0v) is 10.6. The van der Waals surface area contributed by atoms with Gasteiger partial charge in [0.05, 0.1) is 5.41 Å². The quantitative estimate of drug-likeness (QED) is 0.863. The molecule has 17 heavy (non-hydrogen) atoms. The first-order chi connectivity index (χ1) is 7.84. The number of rotatable bonds is 2. The minimum absolute atomic E-state index is 0.800. The van der Waals surface area contributed by atoms with E-state index in [-0.39, 0.29) is 0 Å². The Morgan fingerprint density at radius 1 is 1.35 bits per heavy atom. The fourth-order valence-electron chi connectivity index (χ4n) is 2.11. The van der Waals surface area contributed by atoms with E-state index in [9.17, 15) is 9.90 Å². The molecule has 0 aliphatic carbocycles. The SMILES string of the molecule is Cc1ccc2c(C(C)(C)C(=O)O)cn(C)c2c1. The van der Waals surface area contributed by atoms with E-state index in [2.05, 4.69) is 6.07 Å². The van der Waals surface area contributed by atoms with Gasteiger partial charge in [0.1, 0.15) is 0 Å². The first-order valence-electron chi connectivity index (χ1n) is 5.63. The maximum atomic E-state index is 11.3. The van der Waals surface area contributed by atoms with Gasteiger partial charge in [-0.25, -0.2) is 0 Å². The van der Waals surface area contributed by atoms with E-state index >= 15 is 0 Å². The van der Waals surface area contributed by atoms with Crippen molar-refractivity contribution in [3.8, 4) is 0 Å². The molecule has 0 atom stereocenters. The first-order valence-corrected chi connectivity index (χ1v) is 5.63. The van der Waals surface area contributed by atoms with Crippen molar-refractivity contribution in [2.24, 2.45) is 7.05 Å². The molecule has 0 amide bonds. The molecule has 2 aromatic rings. The number of carboxylic acid groups (broad SMARTS) is 1. The molecule has 0 radical (unpaired) electrons. The van der Waals surface area contributed by atoms with Crippen LogP contribution in [-0.4, -0.2) is 15.6 Å². The molecule has 1 aromatic heterocycles. The molecule has 1 heterocycles. The second-order valence-corrected chi connectivity index (χ2v) is 5.10. The van der Waals surface area contributed by atoms with Crippen molar-refractivity contribution in [1.82, 2.24) is 4.57 Å². The van der Waals surface area contributed by atoms with Gasteiger partial charge in [-0.3, -0.25) is 4.79 Å². The second-order valence-electron chi connectivity index (χ2n) is 5.10. The van der Waals surface area contributed by atoms with E-state index in [0.717, 1.165) is 16.5 Å². The summed E-state index contributed by atoms with van der Waals surface area (Å²) in [5.74, 6) is -0.800. The van der Waals surface area contributed by atoms with Crippen LogP contribution < -0.4 is 0 Å². The Morgan fingerprint density at radius 2 is 2.00 bits per heavy atom. The summed E-state index contributed by atoms with van der Waals surface area (Å²) in [5, 5.41) is 10.3. The number of hydrogen-bond donors (Lipinski definition) is 1. The highest BCUT2D eigenvalue weighted by Gasteiger charge is 2.32. The zero-order chi connectivity index (χ0) is 12.8. The molecule has 0 saturated carbocycles. The molecule has 90 valence electrons. The highest BCUT2D eigenvalue weighted by atomic mass is 16.4. The molecular weight excluding hydrogens is 214 g/mol. The Hall–Kier alpha value is -1.77. The minimum atomic E-state index is -0.866. The standard InChI is InChI=1S/C14H17NO2/c1-9-5-6-10-11(14(2,3)13(16)17)8-15(4)12(10)7-9/h5-8H,1-4H3,(H,16,17). The van der Waals surface area contributed by atoms with Gasteiger partial charge in [0.2, 0.25) is 0 Å².